The first-order valence-electron chi connectivity index (χ1n) is 10.1. The summed E-state index contributed by atoms with van der Waals surface area (Å²) in [6.07, 6.45) is 0. The summed E-state index contributed by atoms with van der Waals surface area (Å²) in [7, 11) is 0. The summed E-state index contributed by atoms with van der Waals surface area (Å²) < 4.78 is 10.8. The van der Waals surface area contributed by atoms with Crippen LogP contribution in [0.4, 0.5) is 5.69 Å². The quantitative estimate of drug-likeness (QED) is 0.682. The molecular formula is C23H24N4O4. The van der Waals surface area contributed by atoms with Gasteiger partial charge in [-0.1, -0.05) is 0 Å². The molecule has 1 saturated heterocycles. The number of rotatable bonds is 5. The number of anilines is 1. The first-order chi connectivity index (χ1) is 15.0. The van der Waals surface area contributed by atoms with Gasteiger partial charge in [0, 0.05) is 24.3 Å². The fourth-order valence-electron chi connectivity index (χ4n) is 3.26. The van der Waals surface area contributed by atoms with Crippen molar-refractivity contribution in [3.63, 3.8) is 0 Å². The van der Waals surface area contributed by atoms with Crippen molar-refractivity contribution in [1.29, 1.82) is 0 Å². The molecule has 4 rings (SSSR count). The highest BCUT2D eigenvalue weighted by Crippen LogP contribution is 2.19. The van der Waals surface area contributed by atoms with E-state index in [9.17, 15) is 9.59 Å². The molecule has 1 aromatic heterocycles. The van der Waals surface area contributed by atoms with E-state index in [0.29, 0.717) is 48.8 Å². The first-order valence-corrected chi connectivity index (χ1v) is 10.1. The lowest BCUT2D eigenvalue weighted by atomic mass is 10.1. The number of aryl methyl sites for hydroxylation is 2. The molecular weight excluding hydrogens is 396 g/mol. The zero-order valence-electron chi connectivity index (χ0n) is 17.6. The standard InChI is InChI=1S/C23H24N4O4/c1-15-16(2)25-21-13-17(3-8-20(21)24-15)23(29)26-18-4-6-19(7-5-18)31-14-22(28)27-9-11-30-12-10-27/h3-8,13H,9-12,14H2,1-2H3,(H,26,29). The molecule has 0 saturated carbocycles. The van der Waals surface area contributed by atoms with E-state index in [2.05, 4.69) is 15.3 Å². The van der Waals surface area contributed by atoms with Crippen molar-refractivity contribution in [3.05, 3.63) is 59.4 Å². The summed E-state index contributed by atoms with van der Waals surface area (Å²) in [5.74, 6) is 0.259. The molecule has 0 radical (unpaired) electrons. The van der Waals surface area contributed by atoms with Crippen molar-refractivity contribution < 1.29 is 19.1 Å². The lowest BCUT2D eigenvalue weighted by molar-refractivity contribution is -0.137. The Morgan fingerprint density at radius 1 is 1.00 bits per heavy atom. The molecule has 3 aromatic rings. The van der Waals surface area contributed by atoms with Crippen LogP contribution in [0.15, 0.2) is 42.5 Å². The predicted octanol–water partition coefficient (Wildman–Crippen LogP) is 2.74. The Kier molecular flexibility index (Phi) is 6.08. The number of hydrogen-bond donors (Lipinski definition) is 1. The topological polar surface area (TPSA) is 93.6 Å². The summed E-state index contributed by atoms with van der Waals surface area (Å²) in [4.78, 5) is 35.5. The second-order valence-corrected chi connectivity index (χ2v) is 7.36. The second kappa shape index (κ2) is 9.09. The van der Waals surface area contributed by atoms with Crippen molar-refractivity contribution in [2.24, 2.45) is 0 Å². The van der Waals surface area contributed by atoms with Gasteiger partial charge in [0.1, 0.15) is 5.75 Å². The van der Waals surface area contributed by atoms with E-state index in [4.69, 9.17) is 9.47 Å². The Balaban J connectivity index is 1.36. The fourth-order valence-corrected chi connectivity index (χ4v) is 3.26. The molecule has 1 N–H and O–H groups in total. The minimum atomic E-state index is -0.238. The predicted molar refractivity (Wildman–Crippen MR) is 116 cm³/mol. The van der Waals surface area contributed by atoms with Gasteiger partial charge in [0.2, 0.25) is 0 Å². The lowest BCUT2D eigenvalue weighted by Crippen LogP contribution is -2.42. The smallest absolute Gasteiger partial charge is 0.260 e. The van der Waals surface area contributed by atoms with E-state index in [1.165, 1.54) is 0 Å². The number of fused-ring (bicyclic) bond motifs is 1. The Bertz CT molecular complexity index is 1110. The summed E-state index contributed by atoms with van der Waals surface area (Å²) in [6.45, 7) is 6.08. The van der Waals surface area contributed by atoms with Crippen LogP contribution in [-0.4, -0.2) is 59.6 Å². The van der Waals surface area contributed by atoms with Gasteiger partial charge >= 0.3 is 0 Å². The van der Waals surface area contributed by atoms with Crippen LogP contribution in [-0.2, 0) is 9.53 Å². The van der Waals surface area contributed by atoms with Crippen LogP contribution in [0.2, 0.25) is 0 Å². The fraction of sp³-hybridized carbons (Fsp3) is 0.304. The van der Waals surface area contributed by atoms with Crippen molar-refractivity contribution in [2.75, 3.05) is 38.2 Å². The van der Waals surface area contributed by atoms with Crippen molar-refractivity contribution in [1.82, 2.24) is 14.9 Å². The summed E-state index contributed by atoms with van der Waals surface area (Å²) in [5.41, 5.74) is 4.29. The summed E-state index contributed by atoms with van der Waals surface area (Å²) in [5, 5.41) is 2.86. The average molecular weight is 420 g/mol. The van der Waals surface area contributed by atoms with Gasteiger partial charge in [-0.05, 0) is 56.3 Å². The van der Waals surface area contributed by atoms with Gasteiger partial charge in [0.15, 0.2) is 6.61 Å². The maximum absolute atomic E-state index is 12.6. The number of nitrogens with zero attached hydrogens (tertiary/aromatic N) is 3. The maximum Gasteiger partial charge on any atom is 0.260 e. The molecule has 31 heavy (non-hydrogen) atoms. The van der Waals surface area contributed by atoms with Gasteiger partial charge in [0.05, 0.1) is 35.6 Å². The van der Waals surface area contributed by atoms with Crippen LogP contribution in [0.1, 0.15) is 21.7 Å². The highest BCUT2D eigenvalue weighted by Gasteiger charge is 2.17. The maximum atomic E-state index is 12.6. The molecule has 0 atom stereocenters. The van der Waals surface area contributed by atoms with Gasteiger partial charge in [-0.3, -0.25) is 9.59 Å². The molecule has 1 aliphatic heterocycles. The van der Waals surface area contributed by atoms with Gasteiger partial charge in [0.25, 0.3) is 11.8 Å². The number of carbonyl (C=O) groups is 2. The van der Waals surface area contributed by atoms with E-state index in [0.717, 1.165) is 16.9 Å². The van der Waals surface area contributed by atoms with Crippen molar-refractivity contribution in [2.45, 2.75) is 13.8 Å². The third-order valence-electron chi connectivity index (χ3n) is 5.18. The SMILES string of the molecule is Cc1nc2ccc(C(=O)Nc3ccc(OCC(=O)N4CCOCC4)cc3)cc2nc1C. The number of hydrogen-bond acceptors (Lipinski definition) is 6. The minimum Gasteiger partial charge on any atom is -0.484 e. The Morgan fingerprint density at radius 3 is 2.39 bits per heavy atom. The zero-order chi connectivity index (χ0) is 21.8. The van der Waals surface area contributed by atoms with Gasteiger partial charge in [-0.15, -0.1) is 0 Å². The normalized spacial score (nSPS) is 13.8. The highest BCUT2D eigenvalue weighted by molar-refractivity contribution is 6.05. The number of carbonyl (C=O) groups excluding carboxylic acids is 2. The highest BCUT2D eigenvalue weighted by atomic mass is 16.5. The molecule has 1 fully saturated rings. The van der Waals surface area contributed by atoms with Crippen molar-refractivity contribution in [3.8, 4) is 5.75 Å². The van der Waals surface area contributed by atoms with Crippen molar-refractivity contribution >= 4 is 28.5 Å². The van der Waals surface area contributed by atoms with E-state index in [1.807, 2.05) is 13.8 Å². The number of ether oxygens (including phenoxy) is 2. The van der Waals surface area contributed by atoms with Crippen LogP contribution in [0.5, 0.6) is 5.75 Å². The molecule has 0 aliphatic carbocycles. The third-order valence-corrected chi connectivity index (χ3v) is 5.18. The molecule has 0 unspecified atom stereocenters. The van der Waals surface area contributed by atoms with Gasteiger partial charge in [-0.25, -0.2) is 9.97 Å². The molecule has 0 bridgehead atoms. The molecule has 0 spiro atoms. The van der Waals surface area contributed by atoms with Crippen LogP contribution < -0.4 is 10.1 Å². The molecule has 8 heteroatoms. The lowest BCUT2D eigenvalue weighted by Gasteiger charge is -2.26. The number of benzene rings is 2. The van der Waals surface area contributed by atoms with E-state index < -0.39 is 0 Å². The monoisotopic (exact) mass is 420 g/mol. The number of amides is 2. The summed E-state index contributed by atoms with van der Waals surface area (Å²) >= 11 is 0. The van der Waals surface area contributed by atoms with E-state index in [1.54, 1.807) is 47.4 Å². The number of aromatic nitrogens is 2. The van der Waals surface area contributed by atoms with Crippen LogP contribution in [0.3, 0.4) is 0 Å². The molecule has 2 amide bonds. The Hall–Kier alpha value is -3.52. The molecule has 2 heterocycles. The van der Waals surface area contributed by atoms with Gasteiger partial charge < -0.3 is 19.7 Å². The van der Waals surface area contributed by atoms with E-state index in [-0.39, 0.29) is 18.4 Å². The van der Waals surface area contributed by atoms with Crippen LogP contribution >= 0.6 is 0 Å². The van der Waals surface area contributed by atoms with Crippen LogP contribution in [0.25, 0.3) is 11.0 Å². The van der Waals surface area contributed by atoms with E-state index >= 15 is 0 Å². The van der Waals surface area contributed by atoms with Crippen LogP contribution in [0, 0.1) is 13.8 Å². The number of nitrogens with one attached hydrogen (secondary N) is 1. The third kappa shape index (κ3) is 4.97. The largest absolute Gasteiger partial charge is 0.484 e. The molecule has 1 aliphatic rings. The van der Waals surface area contributed by atoms with Gasteiger partial charge in [-0.2, -0.15) is 0 Å². The molecule has 8 nitrogen and oxygen atoms in total. The molecule has 2 aromatic carbocycles. The zero-order valence-corrected chi connectivity index (χ0v) is 17.6. The Morgan fingerprint density at radius 2 is 1.68 bits per heavy atom. The Labute approximate surface area is 180 Å². The first kappa shape index (κ1) is 20.7. The average Bonchev–Trinajstić information content (AvgIpc) is 2.79. The minimum absolute atomic E-state index is 0.0251. The number of morpholine rings is 1. The summed E-state index contributed by atoms with van der Waals surface area (Å²) in [6, 6.07) is 12.2. The molecule has 160 valence electrons. The second-order valence-electron chi connectivity index (χ2n) is 7.36.